The maximum Gasteiger partial charge on any atom is 0.251 e. The number of amides is 1. The van der Waals surface area contributed by atoms with Crippen molar-refractivity contribution in [2.75, 3.05) is 38.5 Å². The van der Waals surface area contributed by atoms with Gasteiger partial charge in [-0.05, 0) is 56.5 Å². The molecule has 1 aromatic rings. The highest BCUT2D eigenvalue weighted by Gasteiger charge is 2.21. The highest BCUT2D eigenvalue weighted by Crippen LogP contribution is 2.25. The molecule has 22 heavy (non-hydrogen) atoms. The van der Waals surface area contributed by atoms with Gasteiger partial charge in [0.05, 0.1) is 0 Å². The van der Waals surface area contributed by atoms with Gasteiger partial charge in [-0.15, -0.1) is 24.8 Å². The average molecular weight is 346 g/mol. The fourth-order valence-corrected chi connectivity index (χ4v) is 3.25. The maximum absolute atomic E-state index is 12.4. The average Bonchev–Trinajstić information content (AvgIpc) is 2.90. The van der Waals surface area contributed by atoms with E-state index in [4.69, 9.17) is 0 Å². The van der Waals surface area contributed by atoms with Gasteiger partial charge in [0.1, 0.15) is 0 Å². The number of anilines is 1. The lowest BCUT2D eigenvalue weighted by atomic mass is 9.97. The lowest BCUT2D eigenvalue weighted by molar-refractivity contribution is 0.0946. The van der Waals surface area contributed by atoms with E-state index in [0.717, 1.165) is 50.3 Å². The standard InChI is InChI=1S/C16H23N3O.2ClH/c1-19-9-7-12(11-19)10-18-16(20)14-4-2-6-15-13(14)5-3-8-17-15;;/h2,4,6,12,17H,3,5,7-11H2,1H3,(H,18,20);2*1H. The third-order valence-corrected chi connectivity index (χ3v) is 4.38. The van der Waals surface area contributed by atoms with E-state index in [2.05, 4.69) is 28.6 Å². The molecule has 2 aliphatic heterocycles. The van der Waals surface area contributed by atoms with Crippen LogP contribution in [0, 0.1) is 5.92 Å². The molecule has 4 nitrogen and oxygen atoms in total. The van der Waals surface area contributed by atoms with E-state index in [-0.39, 0.29) is 30.7 Å². The fourth-order valence-electron chi connectivity index (χ4n) is 3.25. The van der Waals surface area contributed by atoms with Crippen LogP contribution in [0.15, 0.2) is 18.2 Å². The first-order valence-corrected chi connectivity index (χ1v) is 7.56. The number of halogens is 2. The Morgan fingerprint density at radius 2 is 2.23 bits per heavy atom. The second kappa shape index (κ2) is 8.61. The quantitative estimate of drug-likeness (QED) is 0.884. The zero-order valence-electron chi connectivity index (χ0n) is 12.9. The van der Waals surface area contributed by atoms with Gasteiger partial charge >= 0.3 is 0 Å². The number of nitrogens with zero attached hydrogens (tertiary/aromatic N) is 1. The molecule has 1 saturated heterocycles. The Labute approximate surface area is 144 Å². The second-order valence-corrected chi connectivity index (χ2v) is 5.99. The third-order valence-electron chi connectivity index (χ3n) is 4.38. The van der Waals surface area contributed by atoms with Crippen LogP contribution in [-0.4, -0.2) is 44.0 Å². The van der Waals surface area contributed by atoms with Crippen molar-refractivity contribution in [3.05, 3.63) is 29.3 Å². The predicted octanol–water partition coefficient (Wildman–Crippen LogP) is 2.57. The Hall–Kier alpha value is -0.970. The van der Waals surface area contributed by atoms with Crippen molar-refractivity contribution in [2.24, 2.45) is 5.92 Å². The Kier molecular flexibility index (Phi) is 7.46. The summed E-state index contributed by atoms with van der Waals surface area (Å²) in [6.07, 6.45) is 3.29. The summed E-state index contributed by atoms with van der Waals surface area (Å²) >= 11 is 0. The van der Waals surface area contributed by atoms with Crippen molar-refractivity contribution in [3.63, 3.8) is 0 Å². The number of hydrogen-bond acceptors (Lipinski definition) is 3. The van der Waals surface area contributed by atoms with Crippen molar-refractivity contribution >= 4 is 36.4 Å². The van der Waals surface area contributed by atoms with Gasteiger partial charge in [-0.25, -0.2) is 0 Å². The normalized spacial score (nSPS) is 20.1. The number of hydrogen-bond donors (Lipinski definition) is 2. The van der Waals surface area contributed by atoms with Crippen LogP contribution in [-0.2, 0) is 6.42 Å². The van der Waals surface area contributed by atoms with Crippen molar-refractivity contribution in [1.29, 1.82) is 0 Å². The molecule has 0 saturated carbocycles. The molecule has 3 rings (SSSR count). The molecule has 1 amide bonds. The predicted molar refractivity (Wildman–Crippen MR) is 95.7 cm³/mol. The molecule has 0 aliphatic carbocycles. The van der Waals surface area contributed by atoms with Crippen LogP contribution in [0.2, 0.25) is 0 Å². The summed E-state index contributed by atoms with van der Waals surface area (Å²) in [6.45, 7) is 4.03. The summed E-state index contributed by atoms with van der Waals surface area (Å²) in [5.41, 5.74) is 3.16. The number of benzene rings is 1. The molecule has 0 spiro atoms. The van der Waals surface area contributed by atoms with Gasteiger partial charge in [0.15, 0.2) is 0 Å². The monoisotopic (exact) mass is 345 g/mol. The minimum Gasteiger partial charge on any atom is -0.385 e. The zero-order valence-corrected chi connectivity index (χ0v) is 14.6. The number of fused-ring (bicyclic) bond motifs is 1. The largest absolute Gasteiger partial charge is 0.385 e. The number of nitrogens with one attached hydrogen (secondary N) is 2. The first-order valence-electron chi connectivity index (χ1n) is 7.56. The first kappa shape index (κ1) is 19.1. The van der Waals surface area contributed by atoms with Gasteiger partial charge in [-0.3, -0.25) is 4.79 Å². The molecule has 0 bridgehead atoms. The third kappa shape index (κ3) is 4.28. The molecular weight excluding hydrogens is 321 g/mol. The molecule has 1 fully saturated rings. The topological polar surface area (TPSA) is 44.4 Å². The SMILES string of the molecule is CN1CCC(CNC(=O)c2cccc3c2CCCN3)C1.Cl.Cl. The number of likely N-dealkylation sites (tertiary alicyclic amines) is 1. The summed E-state index contributed by atoms with van der Waals surface area (Å²) in [7, 11) is 2.14. The minimum atomic E-state index is 0. The molecule has 2 aliphatic rings. The summed E-state index contributed by atoms with van der Waals surface area (Å²) in [5, 5.41) is 6.49. The Morgan fingerprint density at radius 3 is 2.95 bits per heavy atom. The lowest BCUT2D eigenvalue weighted by Gasteiger charge is -2.21. The van der Waals surface area contributed by atoms with Gasteiger partial charge in [0, 0.05) is 30.9 Å². The fraction of sp³-hybridized carbons (Fsp3) is 0.562. The Morgan fingerprint density at radius 1 is 1.41 bits per heavy atom. The van der Waals surface area contributed by atoms with Crippen LogP contribution in [0.1, 0.15) is 28.8 Å². The Balaban J connectivity index is 0.00000121. The number of carbonyl (C=O) groups excluding carboxylic acids is 1. The van der Waals surface area contributed by atoms with Crippen LogP contribution in [0.4, 0.5) is 5.69 Å². The van der Waals surface area contributed by atoms with Crippen molar-refractivity contribution < 1.29 is 4.79 Å². The summed E-state index contributed by atoms with van der Waals surface area (Å²) in [6, 6.07) is 5.98. The van der Waals surface area contributed by atoms with Gasteiger partial charge in [0.2, 0.25) is 0 Å². The summed E-state index contributed by atoms with van der Waals surface area (Å²) in [4.78, 5) is 14.7. The molecule has 2 heterocycles. The first-order chi connectivity index (χ1) is 9.74. The Bertz CT molecular complexity index is 510. The molecule has 0 radical (unpaired) electrons. The minimum absolute atomic E-state index is 0. The summed E-state index contributed by atoms with van der Waals surface area (Å²) < 4.78 is 0. The molecule has 124 valence electrons. The van der Waals surface area contributed by atoms with Crippen LogP contribution >= 0.6 is 24.8 Å². The second-order valence-electron chi connectivity index (χ2n) is 5.99. The molecular formula is C16H25Cl2N3O. The van der Waals surface area contributed by atoms with E-state index in [1.165, 1.54) is 12.0 Å². The van der Waals surface area contributed by atoms with E-state index in [1.54, 1.807) is 0 Å². The lowest BCUT2D eigenvalue weighted by Crippen LogP contribution is -2.31. The van der Waals surface area contributed by atoms with E-state index in [9.17, 15) is 4.79 Å². The van der Waals surface area contributed by atoms with Crippen LogP contribution < -0.4 is 10.6 Å². The maximum atomic E-state index is 12.4. The van der Waals surface area contributed by atoms with Crippen LogP contribution in [0.25, 0.3) is 0 Å². The molecule has 1 aromatic carbocycles. The van der Waals surface area contributed by atoms with Crippen molar-refractivity contribution in [2.45, 2.75) is 19.3 Å². The number of rotatable bonds is 3. The van der Waals surface area contributed by atoms with E-state index in [0.29, 0.717) is 5.92 Å². The molecule has 1 unspecified atom stereocenters. The molecule has 1 atom stereocenters. The van der Waals surface area contributed by atoms with Gasteiger partial charge in [0.25, 0.3) is 5.91 Å². The molecule has 6 heteroatoms. The molecule has 0 aromatic heterocycles. The highest BCUT2D eigenvalue weighted by atomic mass is 35.5. The molecule has 2 N–H and O–H groups in total. The highest BCUT2D eigenvalue weighted by molar-refractivity contribution is 5.97. The van der Waals surface area contributed by atoms with E-state index < -0.39 is 0 Å². The number of carbonyl (C=O) groups is 1. The van der Waals surface area contributed by atoms with Gasteiger partial charge < -0.3 is 15.5 Å². The summed E-state index contributed by atoms with van der Waals surface area (Å²) in [5.74, 6) is 0.682. The smallest absolute Gasteiger partial charge is 0.251 e. The van der Waals surface area contributed by atoms with E-state index >= 15 is 0 Å². The van der Waals surface area contributed by atoms with Crippen molar-refractivity contribution in [1.82, 2.24) is 10.2 Å². The van der Waals surface area contributed by atoms with Crippen LogP contribution in [0.3, 0.4) is 0 Å². The van der Waals surface area contributed by atoms with Gasteiger partial charge in [-0.2, -0.15) is 0 Å². The van der Waals surface area contributed by atoms with E-state index in [1.807, 2.05) is 12.1 Å². The van der Waals surface area contributed by atoms with Crippen molar-refractivity contribution in [3.8, 4) is 0 Å². The van der Waals surface area contributed by atoms with Crippen LogP contribution in [0.5, 0.6) is 0 Å². The van der Waals surface area contributed by atoms with Gasteiger partial charge in [-0.1, -0.05) is 6.07 Å². The zero-order chi connectivity index (χ0) is 13.9.